The lowest BCUT2D eigenvalue weighted by Gasteiger charge is -2.10. The van der Waals surface area contributed by atoms with E-state index < -0.39 is 0 Å². The zero-order valence-corrected chi connectivity index (χ0v) is 11.8. The summed E-state index contributed by atoms with van der Waals surface area (Å²) in [7, 11) is 0. The highest BCUT2D eigenvalue weighted by Gasteiger charge is 2.16. The molecule has 2 aromatic rings. The first-order chi connectivity index (χ1) is 9.28. The van der Waals surface area contributed by atoms with Gasteiger partial charge in [-0.2, -0.15) is 0 Å². The molecule has 0 bridgehead atoms. The summed E-state index contributed by atoms with van der Waals surface area (Å²) in [5, 5.41) is 4.13. The van der Waals surface area contributed by atoms with E-state index in [2.05, 4.69) is 17.2 Å². The van der Waals surface area contributed by atoms with Crippen molar-refractivity contribution in [2.75, 3.05) is 11.9 Å². The second-order valence-corrected chi connectivity index (χ2v) is 5.86. The lowest BCUT2D eigenvalue weighted by Crippen LogP contribution is -2.22. The van der Waals surface area contributed by atoms with Gasteiger partial charge >= 0.3 is 0 Å². The maximum atomic E-state index is 12.0. The molecule has 5 heteroatoms. The Labute approximate surface area is 116 Å². The molecule has 1 N–H and O–H groups in total. The van der Waals surface area contributed by atoms with Crippen molar-refractivity contribution in [2.24, 2.45) is 0 Å². The van der Waals surface area contributed by atoms with Gasteiger partial charge in [0.2, 0.25) is 0 Å². The van der Waals surface area contributed by atoms with Crippen LogP contribution in [0.2, 0.25) is 0 Å². The fourth-order valence-electron chi connectivity index (χ4n) is 2.58. The topological polar surface area (TPSA) is 46.9 Å². The van der Waals surface area contributed by atoms with Crippen LogP contribution in [-0.2, 0) is 19.4 Å². The van der Waals surface area contributed by atoms with E-state index in [1.807, 2.05) is 16.8 Å². The van der Waals surface area contributed by atoms with Crippen molar-refractivity contribution in [3.63, 3.8) is 0 Å². The summed E-state index contributed by atoms with van der Waals surface area (Å²) < 4.78 is 1.91. The fraction of sp³-hybridized carbons (Fsp3) is 0.429. The molecule has 0 saturated heterocycles. The second kappa shape index (κ2) is 5.17. The molecule has 100 valence electrons. The molecule has 2 aromatic heterocycles. The van der Waals surface area contributed by atoms with Crippen LogP contribution >= 0.6 is 11.3 Å². The largest absolute Gasteiger partial charge is 0.362 e. The van der Waals surface area contributed by atoms with E-state index in [9.17, 15) is 4.79 Å². The summed E-state index contributed by atoms with van der Waals surface area (Å²) >= 11 is 1.62. The number of rotatable bonds is 4. The Morgan fingerprint density at radius 2 is 2.32 bits per heavy atom. The van der Waals surface area contributed by atoms with Gasteiger partial charge in [0.15, 0.2) is 5.13 Å². The number of nitrogens with zero attached hydrogens (tertiary/aromatic N) is 2. The second-order valence-electron chi connectivity index (χ2n) is 4.75. The Balaban J connectivity index is 1.90. The van der Waals surface area contributed by atoms with Crippen molar-refractivity contribution >= 4 is 16.5 Å². The van der Waals surface area contributed by atoms with Gasteiger partial charge in [0, 0.05) is 29.4 Å². The molecular formula is C14H17N3OS. The van der Waals surface area contributed by atoms with Crippen LogP contribution in [0.4, 0.5) is 5.13 Å². The molecule has 0 fully saturated rings. The van der Waals surface area contributed by atoms with E-state index in [0.29, 0.717) is 6.54 Å². The van der Waals surface area contributed by atoms with Crippen LogP contribution in [0, 0.1) is 0 Å². The molecule has 0 amide bonds. The SMILES string of the molecule is CCNc1ncc(Cn2c3c(ccc2=O)CCC3)s1. The molecule has 0 atom stereocenters. The first-order valence-corrected chi connectivity index (χ1v) is 7.49. The summed E-state index contributed by atoms with van der Waals surface area (Å²) in [5.41, 5.74) is 2.64. The highest BCUT2D eigenvalue weighted by atomic mass is 32.1. The number of hydrogen-bond donors (Lipinski definition) is 1. The average molecular weight is 275 g/mol. The van der Waals surface area contributed by atoms with Gasteiger partial charge in [-0.05, 0) is 31.7 Å². The van der Waals surface area contributed by atoms with Crippen molar-refractivity contribution in [1.82, 2.24) is 9.55 Å². The molecule has 0 radical (unpaired) electrons. The van der Waals surface area contributed by atoms with Crippen LogP contribution in [0.15, 0.2) is 23.1 Å². The predicted octanol–water partition coefficient (Wildman–Crippen LogP) is 2.27. The lowest BCUT2D eigenvalue weighted by molar-refractivity contribution is 0.714. The van der Waals surface area contributed by atoms with Crippen LogP contribution < -0.4 is 10.9 Å². The third-order valence-corrected chi connectivity index (χ3v) is 4.38. The Hall–Kier alpha value is -1.62. The van der Waals surface area contributed by atoms with Crippen molar-refractivity contribution < 1.29 is 0 Å². The zero-order chi connectivity index (χ0) is 13.2. The Morgan fingerprint density at radius 1 is 1.42 bits per heavy atom. The molecule has 3 rings (SSSR count). The molecule has 0 aliphatic heterocycles. The number of aryl methyl sites for hydroxylation is 1. The molecular weight excluding hydrogens is 258 g/mol. The van der Waals surface area contributed by atoms with E-state index in [-0.39, 0.29) is 5.56 Å². The highest BCUT2D eigenvalue weighted by molar-refractivity contribution is 7.15. The Kier molecular flexibility index (Phi) is 3.38. The van der Waals surface area contributed by atoms with Gasteiger partial charge in [0.25, 0.3) is 5.56 Å². The van der Waals surface area contributed by atoms with Gasteiger partial charge in [-0.3, -0.25) is 4.79 Å². The standard InChI is InChI=1S/C14H17N3OS/c1-2-15-14-16-8-11(19-14)9-17-12-5-3-4-10(12)6-7-13(17)18/h6-8H,2-5,9H2,1H3,(H,15,16). The monoisotopic (exact) mass is 275 g/mol. The molecule has 0 unspecified atom stereocenters. The number of pyridine rings is 1. The van der Waals surface area contributed by atoms with Crippen LogP contribution in [0.3, 0.4) is 0 Å². The summed E-state index contributed by atoms with van der Waals surface area (Å²) in [6, 6.07) is 3.67. The molecule has 0 spiro atoms. The molecule has 19 heavy (non-hydrogen) atoms. The van der Waals surface area contributed by atoms with Gasteiger partial charge in [-0.15, -0.1) is 11.3 Å². The van der Waals surface area contributed by atoms with Gasteiger partial charge < -0.3 is 9.88 Å². The van der Waals surface area contributed by atoms with Crippen LogP contribution in [-0.4, -0.2) is 16.1 Å². The minimum Gasteiger partial charge on any atom is -0.362 e. The normalized spacial score (nSPS) is 13.5. The number of aromatic nitrogens is 2. The van der Waals surface area contributed by atoms with E-state index in [1.165, 1.54) is 11.3 Å². The average Bonchev–Trinajstić information content (AvgIpc) is 3.02. The number of nitrogens with one attached hydrogen (secondary N) is 1. The summed E-state index contributed by atoms with van der Waals surface area (Å²) in [4.78, 5) is 17.5. The highest BCUT2D eigenvalue weighted by Crippen LogP contribution is 2.23. The smallest absolute Gasteiger partial charge is 0.251 e. The molecule has 1 aliphatic carbocycles. The zero-order valence-electron chi connectivity index (χ0n) is 11.0. The van der Waals surface area contributed by atoms with Crippen molar-refractivity contribution in [2.45, 2.75) is 32.7 Å². The number of hydrogen-bond acceptors (Lipinski definition) is 4. The third-order valence-electron chi connectivity index (χ3n) is 3.44. The fourth-order valence-corrected chi connectivity index (χ4v) is 3.45. The molecule has 2 heterocycles. The van der Waals surface area contributed by atoms with Crippen molar-refractivity contribution in [1.29, 1.82) is 0 Å². The molecule has 1 aliphatic rings. The maximum Gasteiger partial charge on any atom is 0.251 e. The van der Waals surface area contributed by atoms with Gasteiger partial charge in [0.1, 0.15) is 0 Å². The molecule has 0 saturated carbocycles. The lowest BCUT2D eigenvalue weighted by atomic mass is 10.2. The van der Waals surface area contributed by atoms with E-state index in [1.54, 1.807) is 17.4 Å². The van der Waals surface area contributed by atoms with E-state index >= 15 is 0 Å². The van der Waals surface area contributed by atoms with Crippen molar-refractivity contribution in [3.8, 4) is 0 Å². The first kappa shape index (κ1) is 12.4. The number of anilines is 1. The van der Waals surface area contributed by atoms with Gasteiger partial charge in [0.05, 0.1) is 6.54 Å². The van der Waals surface area contributed by atoms with Crippen LogP contribution in [0.5, 0.6) is 0 Å². The quantitative estimate of drug-likeness (QED) is 0.931. The minimum absolute atomic E-state index is 0.0963. The molecule has 4 nitrogen and oxygen atoms in total. The third kappa shape index (κ3) is 2.42. The predicted molar refractivity (Wildman–Crippen MR) is 78.1 cm³/mol. The van der Waals surface area contributed by atoms with E-state index in [4.69, 9.17) is 0 Å². The summed E-state index contributed by atoms with van der Waals surface area (Å²) in [6.07, 6.45) is 5.14. The van der Waals surface area contributed by atoms with Crippen LogP contribution in [0.1, 0.15) is 29.5 Å². The Bertz CT molecular complexity index is 644. The molecule has 0 aromatic carbocycles. The maximum absolute atomic E-state index is 12.0. The Morgan fingerprint density at radius 3 is 3.16 bits per heavy atom. The summed E-state index contributed by atoms with van der Waals surface area (Å²) in [5.74, 6) is 0. The van der Waals surface area contributed by atoms with Gasteiger partial charge in [-0.1, -0.05) is 6.07 Å². The summed E-state index contributed by atoms with van der Waals surface area (Å²) in [6.45, 7) is 3.56. The number of fused-ring (bicyclic) bond motifs is 1. The minimum atomic E-state index is 0.0963. The van der Waals surface area contributed by atoms with Crippen LogP contribution in [0.25, 0.3) is 0 Å². The van der Waals surface area contributed by atoms with Gasteiger partial charge in [-0.25, -0.2) is 4.98 Å². The number of thiazole rings is 1. The van der Waals surface area contributed by atoms with E-state index in [0.717, 1.165) is 35.8 Å². The van der Waals surface area contributed by atoms with Crippen molar-refractivity contribution in [3.05, 3.63) is 44.8 Å². The first-order valence-electron chi connectivity index (χ1n) is 6.68.